The number of Topliss-reactive ketones (excluding diaryl/α,β-unsaturated/α-hetero) is 1. The summed E-state index contributed by atoms with van der Waals surface area (Å²) in [6.07, 6.45) is 0.349. The van der Waals surface area contributed by atoms with Crippen LogP contribution in [0.25, 0.3) is 0 Å². The van der Waals surface area contributed by atoms with E-state index in [0.717, 1.165) is 4.90 Å². The summed E-state index contributed by atoms with van der Waals surface area (Å²) in [5.74, 6) is -0.263. The summed E-state index contributed by atoms with van der Waals surface area (Å²) in [6.45, 7) is 0.567. The first-order chi connectivity index (χ1) is 9.18. The van der Waals surface area contributed by atoms with Crippen LogP contribution in [0.15, 0.2) is 30.3 Å². The summed E-state index contributed by atoms with van der Waals surface area (Å²) < 4.78 is 4.68. The fourth-order valence-corrected chi connectivity index (χ4v) is 1.92. The Kier molecular flexibility index (Phi) is 4.28. The van der Waals surface area contributed by atoms with Gasteiger partial charge in [-0.05, 0) is 6.42 Å². The lowest BCUT2D eigenvalue weighted by molar-refractivity contribution is -0.127. The maximum Gasteiger partial charge on any atom is 0.416 e. The van der Waals surface area contributed by atoms with E-state index in [9.17, 15) is 14.4 Å². The van der Waals surface area contributed by atoms with Crippen LogP contribution in [-0.4, -0.2) is 35.8 Å². The molecule has 0 aromatic heterocycles. The smallest absolute Gasteiger partial charge is 0.416 e. The van der Waals surface area contributed by atoms with Crippen molar-refractivity contribution in [3.8, 4) is 0 Å². The molecule has 0 saturated carbocycles. The number of carbonyl (C=O) groups excluding carboxylic acids is 3. The fourth-order valence-electron chi connectivity index (χ4n) is 1.92. The Morgan fingerprint density at radius 2 is 1.89 bits per heavy atom. The second kappa shape index (κ2) is 6.13. The third-order valence-corrected chi connectivity index (χ3v) is 2.95. The van der Waals surface area contributed by atoms with Crippen LogP contribution in [0.3, 0.4) is 0 Å². The highest BCUT2D eigenvalue weighted by molar-refractivity contribution is 5.96. The van der Waals surface area contributed by atoms with Gasteiger partial charge in [0, 0.05) is 18.4 Å². The van der Waals surface area contributed by atoms with E-state index in [-0.39, 0.29) is 24.7 Å². The molecule has 1 saturated heterocycles. The van der Waals surface area contributed by atoms with E-state index in [1.165, 1.54) is 0 Å². The van der Waals surface area contributed by atoms with Gasteiger partial charge in [0.25, 0.3) is 0 Å². The number of ketones is 1. The summed E-state index contributed by atoms with van der Waals surface area (Å²) >= 11 is 0. The van der Waals surface area contributed by atoms with E-state index in [4.69, 9.17) is 0 Å². The molecule has 1 heterocycles. The molecule has 0 aliphatic carbocycles. The number of ether oxygens (including phenoxy) is 1. The molecule has 1 aliphatic heterocycles. The van der Waals surface area contributed by atoms with Crippen LogP contribution >= 0.6 is 0 Å². The quantitative estimate of drug-likeness (QED) is 0.761. The second-order valence-corrected chi connectivity index (χ2v) is 4.30. The summed E-state index contributed by atoms with van der Waals surface area (Å²) in [4.78, 5) is 35.7. The lowest BCUT2D eigenvalue weighted by Gasteiger charge is -2.09. The molecule has 5 nitrogen and oxygen atoms in total. The van der Waals surface area contributed by atoms with E-state index >= 15 is 0 Å². The number of carbonyl (C=O) groups is 3. The minimum Gasteiger partial charge on any atom is -0.447 e. The number of nitrogens with zero attached hydrogens (tertiary/aromatic N) is 1. The van der Waals surface area contributed by atoms with Crippen LogP contribution in [0.2, 0.25) is 0 Å². The molecular formula is C14H15NO4. The van der Waals surface area contributed by atoms with Crippen LogP contribution < -0.4 is 0 Å². The molecule has 0 bridgehead atoms. The van der Waals surface area contributed by atoms with Crippen molar-refractivity contribution in [2.75, 3.05) is 13.2 Å². The average molecular weight is 261 g/mol. The predicted octanol–water partition coefficient (Wildman–Crippen LogP) is 2.02. The number of amides is 2. The van der Waals surface area contributed by atoms with Crippen molar-refractivity contribution in [1.29, 1.82) is 0 Å². The van der Waals surface area contributed by atoms with Crippen LogP contribution in [-0.2, 0) is 9.53 Å². The third kappa shape index (κ3) is 3.40. The van der Waals surface area contributed by atoms with E-state index in [2.05, 4.69) is 4.74 Å². The highest BCUT2D eigenvalue weighted by Gasteiger charge is 2.27. The Labute approximate surface area is 111 Å². The van der Waals surface area contributed by atoms with Crippen molar-refractivity contribution in [2.45, 2.75) is 19.3 Å². The van der Waals surface area contributed by atoms with Crippen molar-refractivity contribution in [1.82, 2.24) is 4.90 Å². The minimum atomic E-state index is -0.584. The molecule has 5 heteroatoms. The minimum absolute atomic E-state index is 0.0115. The molecule has 1 fully saturated rings. The van der Waals surface area contributed by atoms with E-state index < -0.39 is 6.09 Å². The first kappa shape index (κ1) is 13.3. The van der Waals surface area contributed by atoms with Crippen LogP contribution in [0.5, 0.6) is 0 Å². The maximum atomic E-state index is 11.8. The number of benzene rings is 1. The largest absolute Gasteiger partial charge is 0.447 e. The molecule has 0 radical (unpaired) electrons. The number of imide groups is 1. The summed E-state index contributed by atoms with van der Waals surface area (Å²) in [7, 11) is 0. The summed E-state index contributed by atoms with van der Waals surface area (Å²) in [5.41, 5.74) is 0.649. The normalized spacial score (nSPS) is 14.3. The van der Waals surface area contributed by atoms with Gasteiger partial charge in [-0.3, -0.25) is 9.59 Å². The predicted molar refractivity (Wildman–Crippen MR) is 67.7 cm³/mol. The molecule has 1 aromatic carbocycles. The van der Waals surface area contributed by atoms with Crippen LogP contribution in [0.1, 0.15) is 29.6 Å². The fraction of sp³-hybridized carbons (Fsp3) is 0.357. The topological polar surface area (TPSA) is 63.7 Å². The highest BCUT2D eigenvalue weighted by Crippen LogP contribution is 2.10. The van der Waals surface area contributed by atoms with Gasteiger partial charge >= 0.3 is 6.09 Å². The second-order valence-electron chi connectivity index (χ2n) is 4.30. The van der Waals surface area contributed by atoms with Gasteiger partial charge in [0.15, 0.2) is 5.78 Å². The van der Waals surface area contributed by atoms with Gasteiger partial charge in [0.2, 0.25) is 5.91 Å². The standard InChI is InChI=1S/C14H15NO4/c16-12(11-5-2-1-3-6-11)7-4-8-13(17)15-9-10-19-14(15)18/h1-3,5-6H,4,7-10H2. The Morgan fingerprint density at radius 3 is 2.53 bits per heavy atom. The van der Waals surface area contributed by atoms with Crippen LogP contribution in [0, 0.1) is 0 Å². The number of hydrogen-bond acceptors (Lipinski definition) is 4. The third-order valence-electron chi connectivity index (χ3n) is 2.95. The molecule has 0 unspecified atom stereocenters. The van der Waals surface area contributed by atoms with Crippen molar-refractivity contribution in [3.63, 3.8) is 0 Å². The van der Waals surface area contributed by atoms with Gasteiger partial charge < -0.3 is 4.74 Å². The number of rotatable bonds is 5. The van der Waals surface area contributed by atoms with Crippen LogP contribution in [0.4, 0.5) is 4.79 Å². The zero-order valence-corrected chi connectivity index (χ0v) is 10.5. The molecule has 0 N–H and O–H groups in total. The van der Waals surface area contributed by atoms with Gasteiger partial charge in [-0.15, -0.1) is 0 Å². The highest BCUT2D eigenvalue weighted by atomic mass is 16.6. The Hall–Kier alpha value is -2.17. The molecule has 0 atom stereocenters. The van der Waals surface area contributed by atoms with Gasteiger partial charge in [-0.25, -0.2) is 9.69 Å². The van der Waals surface area contributed by atoms with Gasteiger partial charge in [-0.1, -0.05) is 30.3 Å². The molecule has 19 heavy (non-hydrogen) atoms. The Bertz CT molecular complexity index is 483. The molecule has 2 amide bonds. The first-order valence-electron chi connectivity index (χ1n) is 6.24. The number of hydrogen-bond donors (Lipinski definition) is 0. The van der Waals surface area contributed by atoms with Crippen molar-refractivity contribution in [2.24, 2.45) is 0 Å². The maximum absolute atomic E-state index is 11.8. The number of cyclic esters (lactones) is 1. The Balaban J connectivity index is 1.76. The van der Waals surface area contributed by atoms with E-state index in [1.54, 1.807) is 24.3 Å². The van der Waals surface area contributed by atoms with Crippen molar-refractivity contribution in [3.05, 3.63) is 35.9 Å². The first-order valence-corrected chi connectivity index (χ1v) is 6.24. The zero-order chi connectivity index (χ0) is 13.7. The Morgan fingerprint density at radius 1 is 1.16 bits per heavy atom. The van der Waals surface area contributed by atoms with Gasteiger partial charge in [0.1, 0.15) is 6.61 Å². The van der Waals surface area contributed by atoms with Crippen molar-refractivity contribution >= 4 is 17.8 Å². The molecule has 0 spiro atoms. The zero-order valence-electron chi connectivity index (χ0n) is 10.5. The van der Waals surface area contributed by atoms with Crippen molar-refractivity contribution < 1.29 is 19.1 Å². The molecule has 2 rings (SSSR count). The molecular weight excluding hydrogens is 246 g/mol. The average Bonchev–Trinajstić information content (AvgIpc) is 2.86. The molecule has 100 valence electrons. The lowest BCUT2D eigenvalue weighted by atomic mass is 10.1. The molecule has 1 aromatic rings. The summed E-state index contributed by atoms with van der Waals surface area (Å²) in [6, 6.07) is 8.96. The monoisotopic (exact) mass is 261 g/mol. The van der Waals surface area contributed by atoms with E-state index in [0.29, 0.717) is 24.9 Å². The SMILES string of the molecule is O=C(CCCC(=O)N1CCOC1=O)c1ccccc1. The van der Waals surface area contributed by atoms with Gasteiger partial charge in [-0.2, -0.15) is 0 Å². The van der Waals surface area contributed by atoms with E-state index in [1.807, 2.05) is 6.07 Å². The lowest BCUT2D eigenvalue weighted by Crippen LogP contribution is -2.31. The molecule has 1 aliphatic rings. The summed E-state index contributed by atoms with van der Waals surface area (Å²) in [5, 5.41) is 0. The van der Waals surface area contributed by atoms with Gasteiger partial charge in [0.05, 0.1) is 6.54 Å².